The van der Waals surface area contributed by atoms with E-state index in [4.69, 9.17) is 9.47 Å². The van der Waals surface area contributed by atoms with Crippen LogP contribution < -0.4 is 14.8 Å². The van der Waals surface area contributed by atoms with Crippen LogP contribution in [0.5, 0.6) is 11.5 Å². The molecule has 0 aromatic heterocycles. The number of carbonyl (C=O) groups is 1. The van der Waals surface area contributed by atoms with Crippen LogP contribution in [0.25, 0.3) is 0 Å². The highest BCUT2D eigenvalue weighted by atomic mass is 127. The van der Waals surface area contributed by atoms with E-state index >= 15 is 0 Å². The average molecular weight is 526 g/mol. The molecule has 0 atom stereocenters. The number of ether oxygens (including phenoxy) is 2. The highest BCUT2D eigenvalue weighted by Crippen LogP contribution is 2.19. The molecule has 0 spiro atoms. The third kappa shape index (κ3) is 7.74. The highest BCUT2D eigenvalue weighted by Gasteiger charge is 2.10. The van der Waals surface area contributed by atoms with Crippen molar-refractivity contribution in [3.8, 4) is 11.5 Å². The summed E-state index contributed by atoms with van der Waals surface area (Å²) in [6.07, 6.45) is 0. The lowest BCUT2D eigenvalue weighted by molar-refractivity contribution is -0.130. The van der Waals surface area contributed by atoms with Gasteiger partial charge in [0.25, 0.3) is 5.91 Å². The summed E-state index contributed by atoms with van der Waals surface area (Å²) in [5.74, 6) is 2.21. The molecule has 8 heteroatoms. The minimum atomic E-state index is -0.0769. The number of para-hydroxylation sites is 1. The van der Waals surface area contributed by atoms with Gasteiger partial charge in [-0.05, 0) is 23.8 Å². The van der Waals surface area contributed by atoms with Crippen LogP contribution in [-0.4, -0.2) is 63.6 Å². The normalized spacial score (nSPS) is 10.6. The second kappa shape index (κ2) is 12.9. The Morgan fingerprint density at radius 1 is 1.10 bits per heavy atom. The molecule has 0 bridgehead atoms. The maximum atomic E-state index is 11.7. The molecule has 0 radical (unpaired) electrons. The van der Waals surface area contributed by atoms with Crippen molar-refractivity contribution in [2.45, 2.75) is 13.1 Å². The van der Waals surface area contributed by atoms with Crippen molar-refractivity contribution < 1.29 is 14.3 Å². The van der Waals surface area contributed by atoms with E-state index in [2.05, 4.69) is 10.3 Å². The Kier molecular flexibility index (Phi) is 11.0. The first-order chi connectivity index (χ1) is 13.9. The van der Waals surface area contributed by atoms with E-state index in [1.54, 1.807) is 28.3 Å². The fourth-order valence-corrected chi connectivity index (χ4v) is 2.75. The molecular formula is C22H31IN4O3. The van der Waals surface area contributed by atoms with Crippen molar-refractivity contribution in [3.05, 3.63) is 59.7 Å². The van der Waals surface area contributed by atoms with Crippen molar-refractivity contribution in [1.29, 1.82) is 0 Å². The number of likely N-dealkylation sites (N-methyl/N-ethyl adjacent to an activating group) is 1. The average Bonchev–Trinajstić information content (AvgIpc) is 2.73. The first-order valence-electron chi connectivity index (χ1n) is 9.40. The predicted octanol–water partition coefficient (Wildman–Crippen LogP) is 2.99. The third-order valence-electron chi connectivity index (χ3n) is 4.38. The van der Waals surface area contributed by atoms with Gasteiger partial charge in [0.2, 0.25) is 0 Å². The van der Waals surface area contributed by atoms with Gasteiger partial charge in [-0.25, -0.2) is 0 Å². The summed E-state index contributed by atoms with van der Waals surface area (Å²) in [7, 11) is 8.83. The first-order valence-corrected chi connectivity index (χ1v) is 9.40. The number of carbonyl (C=O) groups excluding carboxylic acids is 1. The fraction of sp³-hybridized carbons (Fsp3) is 0.364. The Morgan fingerprint density at radius 3 is 2.50 bits per heavy atom. The number of hydrogen-bond acceptors (Lipinski definition) is 4. The van der Waals surface area contributed by atoms with Gasteiger partial charge >= 0.3 is 0 Å². The van der Waals surface area contributed by atoms with Gasteiger partial charge in [0.05, 0.1) is 7.11 Å². The summed E-state index contributed by atoms with van der Waals surface area (Å²) in [6.45, 7) is 1.27. The number of amides is 1. The molecule has 2 aromatic carbocycles. The molecule has 0 unspecified atom stereocenters. The van der Waals surface area contributed by atoms with Gasteiger partial charge < -0.3 is 24.6 Å². The molecule has 0 fully saturated rings. The minimum Gasteiger partial charge on any atom is -0.496 e. The van der Waals surface area contributed by atoms with Crippen LogP contribution in [0.2, 0.25) is 0 Å². The van der Waals surface area contributed by atoms with Gasteiger partial charge in [-0.2, -0.15) is 0 Å². The second-order valence-electron chi connectivity index (χ2n) is 6.79. The fourth-order valence-electron chi connectivity index (χ4n) is 2.75. The van der Waals surface area contributed by atoms with Crippen molar-refractivity contribution in [3.63, 3.8) is 0 Å². The zero-order chi connectivity index (χ0) is 21.2. The summed E-state index contributed by atoms with van der Waals surface area (Å²) in [6, 6.07) is 15.6. The van der Waals surface area contributed by atoms with Gasteiger partial charge in [0.1, 0.15) is 11.5 Å². The van der Waals surface area contributed by atoms with Crippen molar-refractivity contribution >= 4 is 35.8 Å². The van der Waals surface area contributed by atoms with Crippen LogP contribution in [0.15, 0.2) is 53.5 Å². The van der Waals surface area contributed by atoms with Gasteiger partial charge in [0, 0.05) is 46.8 Å². The Labute approximate surface area is 196 Å². The molecule has 2 rings (SSSR count). The van der Waals surface area contributed by atoms with Crippen molar-refractivity contribution in [2.75, 3.05) is 41.9 Å². The van der Waals surface area contributed by atoms with Gasteiger partial charge in [-0.1, -0.05) is 30.3 Å². The lowest BCUT2D eigenvalue weighted by Crippen LogP contribution is -2.38. The number of nitrogens with zero attached hydrogens (tertiary/aromatic N) is 3. The Balaban J connectivity index is 0.00000450. The van der Waals surface area contributed by atoms with Gasteiger partial charge in [0.15, 0.2) is 12.6 Å². The van der Waals surface area contributed by atoms with Crippen LogP contribution in [-0.2, 0) is 17.9 Å². The van der Waals surface area contributed by atoms with Crippen LogP contribution in [0.1, 0.15) is 11.1 Å². The Morgan fingerprint density at radius 2 is 1.83 bits per heavy atom. The maximum absolute atomic E-state index is 11.7. The predicted molar refractivity (Wildman–Crippen MR) is 131 cm³/mol. The largest absolute Gasteiger partial charge is 0.496 e. The summed E-state index contributed by atoms with van der Waals surface area (Å²) >= 11 is 0. The summed E-state index contributed by atoms with van der Waals surface area (Å²) in [4.78, 5) is 19.6. The number of halogens is 1. The minimum absolute atomic E-state index is 0. The molecule has 30 heavy (non-hydrogen) atoms. The number of benzene rings is 2. The quantitative estimate of drug-likeness (QED) is 0.326. The van der Waals surface area contributed by atoms with E-state index in [-0.39, 0.29) is 36.5 Å². The molecule has 164 valence electrons. The maximum Gasteiger partial charge on any atom is 0.259 e. The van der Waals surface area contributed by atoms with Crippen molar-refractivity contribution in [2.24, 2.45) is 4.99 Å². The van der Waals surface area contributed by atoms with Gasteiger partial charge in [-0.3, -0.25) is 9.79 Å². The smallest absolute Gasteiger partial charge is 0.259 e. The molecule has 0 saturated heterocycles. The molecule has 0 aliphatic heterocycles. The summed E-state index contributed by atoms with van der Waals surface area (Å²) in [5.41, 5.74) is 2.12. The van der Waals surface area contributed by atoms with Gasteiger partial charge in [-0.15, -0.1) is 24.0 Å². The molecule has 1 amide bonds. The molecule has 0 heterocycles. The number of aliphatic imine (C=N–C) groups is 1. The number of nitrogens with one attached hydrogen (secondary N) is 1. The zero-order valence-corrected chi connectivity index (χ0v) is 20.5. The standard InChI is InChI=1S/C22H30N4O3.HI/c1-23-22(26(4)15-18-10-6-7-12-20(18)28-5)24-14-17-9-8-11-19(13-17)29-16-21(27)25(2)3;/h6-13H,14-16H2,1-5H3,(H,23,24);1H. The third-order valence-corrected chi connectivity index (χ3v) is 4.38. The van der Waals surface area contributed by atoms with E-state index in [1.165, 1.54) is 4.90 Å². The number of rotatable bonds is 8. The SMILES string of the molecule is CN=C(NCc1cccc(OCC(=O)N(C)C)c1)N(C)Cc1ccccc1OC.I. The van der Waals surface area contributed by atoms with Crippen LogP contribution in [0.4, 0.5) is 0 Å². The zero-order valence-electron chi connectivity index (χ0n) is 18.2. The van der Waals surface area contributed by atoms with Crippen LogP contribution >= 0.6 is 24.0 Å². The number of methoxy groups -OCH3 is 1. The van der Waals surface area contributed by atoms with Crippen LogP contribution in [0, 0.1) is 0 Å². The molecule has 0 saturated carbocycles. The summed E-state index contributed by atoms with van der Waals surface area (Å²) in [5, 5.41) is 3.36. The summed E-state index contributed by atoms with van der Waals surface area (Å²) < 4.78 is 11.0. The van der Waals surface area contributed by atoms with E-state index in [9.17, 15) is 4.79 Å². The molecule has 2 aromatic rings. The second-order valence-corrected chi connectivity index (χ2v) is 6.79. The lowest BCUT2D eigenvalue weighted by atomic mass is 10.2. The molecule has 0 aliphatic carbocycles. The molecule has 1 N–H and O–H groups in total. The lowest BCUT2D eigenvalue weighted by Gasteiger charge is -2.23. The molecule has 0 aliphatic rings. The molecular weight excluding hydrogens is 495 g/mol. The Hall–Kier alpha value is -2.49. The van der Waals surface area contributed by atoms with Crippen LogP contribution in [0.3, 0.4) is 0 Å². The highest BCUT2D eigenvalue weighted by molar-refractivity contribution is 14.0. The molecule has 7 nitrogen and oxygen atoms in total. The number of hydrogen-bond donors (Lipinski definition) is 1. The van der Waals surface area contributed by atoms with Crippen molar-refractivity contribution in [1.82, 2.24) is 15.1 Å². The topological polar surface area (TPSA) is 66.4 Å². The van der Waals surface area contributed by atoms with E-state index in [1.807, 2.05) is 60.5 Å². The monoisotopic (exact) mass is 526 g/mol. The van der Waals surface area contributed by atoms with E-state index in [0.717, 1.165) is 22.8 Å². The first kappa shape index (κ1) is 25.5. The van der Waals surface area contributed by atoms with E-state index in [0.29, 0.717) is 18.8 Å². The number of guanidine groups is 1. The van der Waals surface area contributed by atoms with E-state index < -0.39 is 0 Å². The Bertz CT molecular complexity index is 843.